The molecule has 2 N–H and O–H groups in total. The second-order valence-electron chi connectivity index (χ2n) is 2.24. The largest absolute Gasteiger partial charge is 0.481 e. The lowest BCUT2D eigenvalue weighted by molar-refractivity contribution is -0.136. The summed E-state index contributed by atoms with van der Waals surface area (Å²) in [5.74, 6) is 0.405. The van der Waals surface area contributed by atoms with Crippen molar-refractivity contribution in [3.63, 3.8) is 0 Å². The van der Waals surface area contributed by atoms with E-state index < -0.39 is 5.97 Å². The van der Waals surface area contributed by atoms with Crippen molar-refractivity contribution in [2.75, 3.05) is 25.1 Å². The molecule has 0 aliphatic heterocycles. The summed E-state index contributed by atoms with van der Waals surface area (Å²) in [5.41, 5.74) is 0. The number of carboxylic acids is 1. The van der Waals surface area contributed by atoms with Gasteiger partial charge in [-0.25, -0.2) is 0 Å². The van der Waals surface area contributed by atoms with Gasteiger partial charge in [-0.15, -0.1) is 0 Å². The van der Waals surface area contributed by atoms with Crippen LogP contribution < -0.4 is 5.32 Å². The van der Waals surface area contributed by atoms with Gasteiger partial charge in [-0.2, -0.15) is 11.8 Å². The van der Waals surface area contributed by atoms with Crippen molar-refractivity contribution in [2.45, 2.75) is 12.8 Å². The smallest absolute Gasteiger partial charge is 0.304 e. The number of carbonyl (C=O) groups is 1. The standard InChI is InChI=1S/C7H15NO2S/c1-11-6-2-4-8-5-3-7(9)10/h8H,2-6H2,1H3,(H,9,10). The minimum Gasteiger partial charge on any atom is -0.481 e. The van der Waals surface area contributed by atoms with E-state index in [4.69, 9.17) is 5.11 Å². The van der Waals surface area contributed by atoms with Crippen LogP contribution in [-0.4, -0.2) is 36.2 Å². The molecule has 0 saturated heterocycles. The zero-order chi connectivity index (χ0) is 8.53. The average molecular weight is 177 g/mol. The Labute approximate surface area is 71.6 Å². The molecule has 0 aromatic rings. The van der Waals surface area contributed by atoms with Gasteiger partial charge >= 0.3 is 5.97 Å². The van der Waals surface area contributed by atoms with Crippen LogP contribution in [0.1, 0.15) is 12.8 Å². The van der Waals surface area contributed by atoms with Crippen LogP contribution in [0.15, 0.2) is 0 Å². The van der Waals surface area contributed by atoms with E-state index in [1.165, 1.54) is 0 Å². The minimum atomic E-state index is -0.734. The summed E-state index contributed by atoms with van der Waals surface area (Å²) in [6, 6.07) is 0. The first-order valence-electron chi connectivity index (χ1n) is 3.69. The first-order chi connectivity index (χ1) is 5.27. The summed E-state index contributed by atoms with van der Waals surface area (Å²) < 4.78 is 0. The Hall–Kier alpha value is -0.220. The maximum Gasteiger partial charge on any atom is 0.304 e. The van der Waals surface area contributed by atoms with Crippen LogP contribution in [0.3, 0.4) is 0 Å². The molecule has 0 unspecified atom stereocenters. The van der Waals surface area contributed by atoms with Crippen molar-refractivity contribution in [2.24, 2.45) is 0 Å². The highest BCUT2D eigenvalue weighted by molar-refractivity contribution is 7.98. The van der Waals surface area contributed by atoms with E-state index in [9.17, 15) is 4.79 Å². The molecule has 0 radical (unpaired) electrons. The summed E-state index contributed by atoms with van der Waals surface area (Å²) in [5, 5.41) is 11.3. The van der Waals surface area contributed by atoms with Gasteiger partial charge in [0.25, 0.3) is 0 Å². The highest BCUT2D eigenvalue weighted by Crippen LogP contribution is 1.92. The van der Waals surface area contributed by atoms with Crippen molar-refractivity contribution in [3.05, 3.63) is 0 Å². The molecule has 11 heavy (non-hydrogen) atoms. The number of rotatable bonds is 7. The Balaban J connectivity index is 2.85. The predicted molar refractivity (Wildman–Crippen MR) is 48.1 cm³/mol. The monoisotopic (exact) mass is 177 g/mol. The van der Waals surface area contributed by atoms with E-state index in [1.807, 2.05) is 11.8 Å². The van der Waals surface area contributed by atoms with Crippen LogP contribution in [0.2, 0.25) is 0 Å². The predicted octanol–water partition coefficient (Wildman–Crippen LogP) is 0.804. The Morgan fingerprint density at radius 1 is 1.55 bits per heavy atom. The van der Waals surface area contributed by atoms with Crippen molar-refractivity contribution >= 4 is 17.7 Å². The second kappa shape index (κ2) is 7.88. The molecule has 0 saturated carbocycles. The fourth-order valence-electron chi connectivity index (χ4n) is 0.662. The molecule has 0 rings (SSSR count). The number of hydrogen-bond acceptors (Lipinski definition) is 3. The van der Waals surface area contributed by atoms with Gasteiger partial charge in [0.15, 0.2) is 0 Å². The third kappa shape index (κ3) is 9.78. The number of hydrogen-bond donors (Lipinski definition) is 2. The summed E-state index contributed by atoms with van der Waals surface area (Å²) in [6.07, 6.45) is 3.40. The molecule has 0 aliphatic rings. The maximum absolute atomic E-state index is 10.0. The molecular formula is C7H15NO2S. The number of thioether (sulfide) groups is 1. The molecule has 0 heterocycles. The minimum absolute atomic E-state index is 0.221. The number of aliphatic carboxylic acids is 1. The lowest BCUT2D eigenvalue weighted by Crippen LogP contribution is -2.19. The molecule has 0 spiro atoms. The van der Waals surface area contributed by atoms with Crippen LogP contribution in [0.25, 0.3) is 0 Å². The molecule has 0 aliphatic carbocycles. The Morgan fingerprint density at radius 3 is 2.82 bits per heavy atom. The maximum atomic E-state index is 10.0. The van der Waals surface area contributed by atoms with Crippen molar-refractivity contribution < 1.29 is 9.90 Å². The molecule has 66 valence electrons. The van der Waals surface area contributed by atoms with Gasteiger partial charge in [0, 0.05) is 6.54 Å². The number of carboxylic acid groups (broad SMARTS) is 1. The molecule has 0 aromatic heterocycles. The van der Waals surface area contributed by atoms with Crippen LogP contribution in [0.4, 0.5) is 0 Å². The molecule has 0 amide bonds. The zero-order valence-corrected chi connectivity index (χ0v) is 7.62. The Kier molecular flexibility index (Phi) is 7.72. The molecule has 3 nitrogen and oxygen atoms in total. The molecule has 0 aromatic carbocycles. The van der Waals surface area contributed by atoms with Crippen LogP contribution in [-0.2, 0) is 4.79 Å². The molecule has 0 fully saturated rings. The topological polar surface area (TPSA) is 49.3 Å². The fraction of sp³-hybridized carbons (Fsp3) is 0.857. The average Bonchev–Trinajstić information content (AvgIpc) is 1.96. The van der Waals surface area contributed by atoms with Gasteiger partial charge < -0.3 is 10.4 Å². The first-order valence-corrected chi connectivity index (χ1v) is 5.08. The fourth-order valence-corrected chi connectivity index (χ4v) is 1.09. The Bertz CT molecular complexity index is 109. The lowest BCUT2D eigenvalue weighted by atomic mass is 10.4. The summed E-state index contributed by atoms with van der Waals surface area (Å²) in [6.45, 7) is 1.51. The van der Waals surface area contributed by atoms with Crippen LogP contribution >= 0.6 is 11.8 Å². The third-order valence-electron chi connectivity index (χ3n) is 1.22. The number of nitrogens with one attached hydrogen (secondary N) is 1. The SMILES string of the molecule is CSCCCNCCC(=O)O. The molecule has 0 atom stereocenters. The zero-order valence-electron chi connectivity index (χ0n) is 6.80. The van der Waals surface area contributed by atoms with Crippen molar-refractivity contribution in [1.82, 2.24) is 5.32 Å². The first kappa shape index (κ1) is 10.8. The van der Waals surface area contributed by atoms with E-state index >= 15 is 0 Å². The highest BCUT2D eigenvalue weighted by atomic mass is 32.2. The van der Waals surface area contributed by atoms with Crippen LogP contribution in [0.5, 0.6) is 0 Å². The van der Waals surface area contributed by atoms with Crippen molar-refractivity contribution in [1.29, 1.82) is 0 Å². The Morgan fingerprint density at radius 2 is 2.27 bits per heavy atom. The van der Waals surface area contributed by atoms with E-state index in [2.05, 4.69) is 11.6 Å². The van der Waals surface area contributed by atoms with E-state index in [1.54, 1.807) is 0 Å². The van der Waals surface area contributed by atoms with Crippen LogP contribution in [0, 0.1) is 0 Å². The van der Waals surface area contributed by atoms with Gasteiger partial charge in [0.05, 0.1) is 6.42 Å². The van der Waals surface area contributed by atoms with E-state index in [0.717, 1.165) is 18.7 Å². The molecule has 0 bridgehead atoms. The van der Waals surface area contributed by atoms with E-state index in [-0.39, 0.29) is 6.42 Å². The van der Waals surface area contributed by atoms with Gasteiger partial charge in [-0.05, 0) is 25.0 Å². The van der Waals surface area contributed by atoms with Crippen molar-refractivity contribution in [3.8, 4) is 0 Å². The lowest BCUT2D eigenvalue weighted by Gasteiger charge is -2.00. The second-order valence-corrected chi connectivity index (χ2v) is 3.23. The molecule has 4 heteroatoms. The quantitative estimate of drug-likeness (QED) is 0.565. The normalized spacial score (nSPS) is 9.91. The highest BCUT2D eigenvalue weighted by Gasteiger charge is 1.94. The molecular weight excluding hydrogens is 162 g/mol. The summed E-state index contributed by atoms with van der Waals surface area (Å²) >= 11 is 1.81. The van der Waals surface area contributed by atoms with Gasteiger partial charge in [-0.3, -0.25) is 4.79 Å². The van der Waals surface area contributed by atoms with Gasteiger partial charge in [0.2, 0.25) is 0 Å². The summed E-state index contributed by atoms with van der Waals surface area (Å²) in [7, 11) is 0. The van der Waals surface area contributed by atoms with Gasteiger partial charge in [0.1, 0.15) is 0 Å². The van der Waals surface area contributed by atoms with Gasteiger partial charge in [-0.1, -0.05) is 0 Å². The summed E-state index contributed by atoms with van der Waals surface area (Å²) in [4.78, 5) is 10.0. The third-order valence-corrected chi connectivity index (χ3v) is 1.91. The van der Waals surface area contributed by atoms with E-state index in [0.29, 0.717) is 6.54 Å².